The third-order valence-corrected chi connectivity index (χ3v) is 5.57. The smallest absolute Gasteiger partial charge is 0.223 e. The van der Waals surface area contributed by atoms with E-state index in [0.717, 1.165) is 31.0 Å². The maximum atomic E-state index is 12.4. The molecule has 2 aromatic rings. The molecule has 23 heavy (non-hydrogen) atoms. The van der Waals surface area contributed by atoms with E-state index in [9.17, 15) is 4.79 Å². The topological polar surface area (TPSA) is 32.3 Å². The van der Waals surface area contributed by atoms with Crippen LogP contribution in [0.15, 0.2) is 42.5 Å². The summed E-state index contributed by atoms with van der Waals surface area (Å²) in [5.41, 5.74) is 1.31. The van der Waals surface area contributed by atoms with Gasteiger partial charge < -0.3 is 10.2 Å². The summed E-state index contributed by atoms with van der Waals surface area (Å²) < 4.78 is 0. The van der Waals surface area contributed by atoms with E-state index >= 15 is 0 Å². The van der Waals surface area contributed by atoms with Crippen LogP contribution in [-0.4, -0.2) is 48.5 Å². The van der Waals surface area contributed by atoms with Crippen LogP contribution in [0.5, 0.6) is 0 Å². The summed E-state index contributed by atoms with van der Waals surface area (Å²) in [6.45, 7) is 1.79. The number of carbonyl (C=O) groups is 1. The molecule has 0 spiro atoms. The minimum absolute atomic E-state index is 0.241. The van der Waals surface area contributed by atoms with Crippen molar-refractivity contribution in [1.82, 2.24) is 10.2 Å². The molecular weight excluding hydrogens is 304 g/mol. The number of carbonyl (C=O) groups excluding carboxylic acids is 1. The Morgan fingerprint density at radius 3 is 2.91 bits per heavy atom. The van der Waals surface area contributed by atoms with Crippen LogP contribution in [0.4, 0.5) is 0 Å². The van der Waals surface area contributed by atoms with Crippen molar-refractivity contribution in [1.29, 1.82) is 0 Å². The fourth-order valence-corrected chi connectivity index (χ4v) is 3.99. The number of thioether (sulfide) groups is 1. The van der Waals surface area contributed by atoms with Gasteiger partial charge in [-0.1, -0.05) is 42.5 Å². The van der Waals surface area contributed by atoms with Crippen molar-refractivity contribution in [2.75, 3.05) is 31.6 Å². The van der Waals surface area contributed by atoms with Crippen molar-refractivity contribution in [2.24, 2.45) is 0 Å². The van der Waals surface area contributed by atoms with Gasteiger partial charge in [0.2, 0.25) is 5.91 Å². The summed E-state index contributed by atoms with van der Waals surface area (Å²) in [5.74, 6) is 2.44. The lowest BCUT2D eigenvalue weighted by Gasteiger charge is -2.25. The van der Waals surface area contributed by atoms with Crippen molar-refractivity contribution in [3.63, 3.8) is 0 Å². The van der Waals surface area contributed by atoms with Gasteiger partial charge in [0.15, 0.2) is 0 Å². The summed E-state index contributed by atoms with van der Waals surface area (Å²) >= 11 is 1.94. The Morgan fingerprint density at radius 2 is 2.09 bits per heavy atom. The molecule has 0 aromatic heterocycles. The van der Waals surface area contributed by atoms with Crippen molar-refractivity contribution >= 4 is 28.4 Å². The Labute approximate surface area is 142 Å². The van der Waals surface area contributed by atoms with Crippen LogP contribution in [0, 0.1) is 0 Å². The van der Waals surface area contributed by atoms with Crippen molar-refractivity contribution in [3.8, 4) is 0 Å². The average molecular weight is 328 g/mol. The normalized spacial score (nSPS) is 18.0. The van der Waals surface area contributed by atoms with Gasteiger partial charge in [0.05, 0.1) is 0 Å². The highest BCUT2D eigenvalue weighted by atomic mass is 32.2. The van der Waals surface area contributed by atoms with Gasteiger partial charge in [-0.2, -0.15) is 11.8 Å². The maximum Gasteiger partial charge on any atom is 0.223 e. The highest BCUT2D eigenvalue weighted by Crippen LogP contribution is 2.19. The second kappa shape index (κ2) is 7.84. The number of likely N-dealkylation sites (N-methyl/N-ethyl adjacent to an activating group) is 1. The Morgan fingerprint density at radius 1 is 1.26 bits per heavy atom. The molecule has 1 aliphatic rings. The fraction of sp³-hybridized carbons (Fsp3) is 0.421. The summed E-state index contributed by atoms with van der Waals surface area (Å²) in [4.78, 5) is 14.3. The van der Waals surface area contributed by atoms with Crippen molar-refractivity contribution < 1.29 is 4.79 Å². The minimum atomic E-state index is 0.241. The Balaban J connectivity index is 1.57. The number of nitrogens with zero attached hydrogens (tertiary/aromatic N) is 1. The van der Waals surface area contributed by atoms with Crippen LogP contribution in [-0.2, 0) is 11.2 Å². The minimum Gasteiger partial charge on any atom is -0.345 e. The zero-order chi connectivity index (χ0) is 16.1. The molecule has 3 rings (SSSR count). The first-order valence-corrected chi connectivity index (χ1v) is 9.41. The van der Waals surface area contributed by atoms with E-state index in [4.69, 9.17) is 0 Å². The number of fused-ring (bicyclic) bond motifs is 1. The molecule has 122 valence electrons. The molecule has 1 atom stereocenters. The van der Waals surface area contributed by atoms with Crippen LogP contribution >= 0.6 is 11.8 Å². The maximum absolute atomic E-state index is 12.4. The third kappa shape index (κ3) is 4.27. The number of hydrogen-bond donors (Lipinski definition) is 1. The molecule has 1 amide bonds. The van der Waals surface area contributed by atoms with Crippen LogP contribution in [0.25, 0.3) is 10.8 Å². The number of amides is 1. The molecule has 0 bridgehead atoms. The standard InChI is InChI=1S/C19H24N2OS/c1-21(19(22)13-17-14-23-12-10-20-17)11-9-16-7-4-6-15-5-2-3-8-18(15)16/h2-8,17,20H,9-14H2,1H3. The lowest BCUT2D eigenvalue weighted by molar-refractivity contribution is -0.130. The van der Waals surface area contributed by atoms with Gasteiger partial charge in [0.1, 0.15) is 0 Å². The molecule has 1 heterocycles. The van der Waals surface area contributed by atoms with E-state index in [-0.39, 0.29) is 5.91 Å². The fourth-order valence-electron chi connectivity index (χ4n) is 3.04. The van der Waals surface area contributed by atoms with Gasteiger partial charge in [-0.3, -0.25) is 4.79 Å². The van der Waals surface area contributed by atoms with Crippen LogP contribution < -0.4 is 5.32 Å². The Kier molecular flexibility index (Phi) is 5.57. The lowest BCUT2D eigenvalue weighted by Crippen LogP contribution is -2.42. The molecule has 1 unspecified atom stereocenters. The summed E-state index contributed by atoms with van der Waals surface area (Å²) in [6, 6.07) is 15.2. The van der Waals surface area contributed by atoms with E-state index in [2.05, 4.69) is 47.8 Å². The van der Waals surface area contributed by atoms with Gasteiger partial charge >= 0.3 is 0 Å². The van der Waals surface area contributed by atoms with E-state index < -0.39 is 0 Å². The lowest BCUT2D eigenvalue weighted by atomic mass is 10.0. The molecule has 1 saturated heterocycles. The molecule has 0 radical (unpaired) electrons. The Hall–Kier alpha value is -1.52. The second-order valence-corrected chi connectivity index (χ2v) is 7.28. The number of nitrogens with one attached hydrogen (secondary N) is 1. The van der Waals surface area contributed by atoms with Gasteiger partial charge in [-0.05, 0) is 22.8 Å². The van der Waals surface area contributed by atoms with Crippen LogP contribution in [0.2, 0.25) is 0 Å². The predicted octanol–water partition coefficient (Wildman–Crippen LogP) is 2.94. The average Bonchev–Trinajstić information content (AvgIpc) is 2.60. The highest BCUT2D eigenvalue weighted by Gasteiger charge is 2.19. The second-order valence-electron chi connectivity index (χ2n) is 6.13. The number of rotatable bonds is 5. The van der Waals surface area contributed by atoms with Gasteiger partial charge in [0, 0.05) is 44.1 Å². The highest BCUT2D eigenvalue weighted by molar-refractivity contribution is 7.99. The molecule has 4 heteroatoms. The SMILES string of the molecule is CN(CCc1cccc2ccccc12)C(=O)CC1CSCCN1. The Bertz CT molecular complexity index is 662. The molecule has 0 aliphatic carbocycles. The summed E-state index contributed by atoms with van der Waals surface area (Å²) in [5, 5.41) is 5.99. The predicted molar refractivity (Wildman–Crippen MR) is 99.0 cm³/mol. The molecule has 3 nitrogen and oxygen atoms in total. The molecule has 1 N–H and O–H groups in total. The van der Waals surface area contributed by atoms with Gasteiger partial charge in [-0.25, -0.2) is 0 Å². The van der Waals surface area contributed by atoms with Crippen LogP contribution in [0.3, 0.4) is 0 Å². The monoisotopic (exact) mass is 328 g/mol. The number of hydrogen-bond acceptors (Lipinski definition) is 3. The first-order chi connectivity index (χ1) is 11.2. The first-order valence-electron chi connectivity index (χ1n) is 8.26. The van der Waals surface area contributed by atoms with Gasteiger partial charge in [0.25, 0.3) is 0 Å². The van der Waals surface area contributed by atoms with Crippen LogP contribution in [0.1, 0.15) is 12.0 Å². The van der Waals surface area contributed by atoms with E-state index in [1.807, 2.05) is 23.7 Å². The largest absolute Gasteiger partial charge is 0.345 e. The van der Waals surface area contributed by atoms with E-state index in [1.165, 1.54) is 16.3 Å². The third-order valence-electron chi connectivity index (χ3n) is 4.44. The zero-order valence-electron chi connectivity index (χ0n) is 13.6. The quantitative estimate of drug-likeness (QED) is 0.916. The molecule has 0 saturated carbocycles. The van der Waals surface area contributed by atoms with E-state index in [1.54, 1.807) is 0 Å². The van der Waals surface area contributed by atoms with Crippen molar-refractivity contribution in [3.05, 3.63) is 48.0 Å². The first kappa shape index (κ1) is 16.3. The molecule has 2 aromatic carbocycles. The molecule has 1 fully saturated rings. The number of benzene rings is 2. The zero-order valence-corrected chi connectivity index (χ0v) is 14.4. The molecule has 1 aliphatic heterocycles. The van der Waals surface area contributed by atoms with Gasteiger partial charge in [-0.15, -0.1) is 0 Å². The van der Waals surface area contributed by atoms with Crippen molar-refractivity contribution in [2.45, 2.75) is 18.9 Å². The molecular formula is C19H24N2OS. The van der Waals surface area contributed by atoms with E-state index in [0.29, 0.717) is 12.5 Å². The summed E-state index contributed by atoms with van der Waals surface area (Å²) in [6.07, 6.45) is 1.51. The summed E-state index contributed by atoms with van der Waals surface area (Å²) in [7, 11) is 1.92.